The SMILES string of the molecule is CC(=N)/C(=N\Nc1cccc(O)c1)C(=O)NCCN1CCC(CCc2ccccc2)CC1. The molecule has 0 bridgehead atoms. The first kappa shape index (κ1) is 23.5. The van der Waals surface area contributed by atoms with E-state index >= 15 is 0 Å². The summed E-state index contributed by atoms with van der Waals surface area (Å²) in [5, 5.41) is 24.3. The van der Waals surface area contributed by atoms with Gasteiger partial charge in [-0.15, -0.1) is 0 Å². The molecule has 1 fully saturated rings. The Labute approximate surface area is 190 Å². The maximum Gasteiger partial charge on any atom is 0.273 e. The highest BCUT2D eigenvalue weighted by Crippen LogP contribution is 2.22. The van der Waals surface area contributed by atoms with Crippen LogP contribution in [0, 0.1) is 11.3 Å². The van der Waals surface area contributed by atoms with Crippen LogP contribution in [0.25, 0.3) is 0 Å². The second-order valence-corrected chi connectivity index (χ2v) is 8.31. The van der Waals surface area contributed by atoms with Gasteiger partial charge in [-0.3, -0.25) is 10.2 Å². The van der Waals surface area contributed by atoms with Crippen LogP contribution < -0.4 is 10.7 Å². The third-order valence-corrected chi connectivity index (χ3v) is 5.82. The lowest BCUT2D eigenvalue weighted by molar-refractivity contribution is -0.114. The van der Waals surface area contributed by atoms with Gasteiger partial charge >= 0.3 is 0 Å². The summed E-state index contributed by atoms with van der Waals surface area (Å²) >= 11 is 0. The highest BCUT2D eigenvalue weighted by molar-refractivity contribution is 6.66. The Kier molecular flexibility index (Phi) is 8.80. The second kappa shape index (κ2) is 12.0. The van der Waals surface area contributed by atoms with E-state index in [9.17, 15) is 9.90 Å². The fourth-order valence-electron chi connectivity index (χ4n) is 3.93. The normalized spacial score (nSPS) is 15.3. The molecule has 0 saturated carbocycles. The summed E-state index contributed by atoms with van der Waals surface area (Å²) in [5.74, 6) is 0.498. The second-order valence-electron chi connectivity index (χ2n) is 8.31. The number of phenols is 1. The summed E-state index contributed by atoms with van der Waals surface area (Å²) in [4.78, 5) is 14.9. The monoisotopic (exact) mass is 435 g/mol. The van der Waals surface area contributed by atoms with Crippen molar-refractivity contribution in [3.8, 4) is 5.75 Å². The lowest BCUT2D eigenvalue weighted by Gasteiger charge is -2.32. The molecule has 0 atom stereocenters. The molecule has 0 unspecified atom stereocenters. The molecule has 170 valence electrons. The highest BCUT2D eigenvalue weighted by Gasteiger charge is 2.19. The molecule has 1 aliphatic rings. The summed E-state index contributed by atoms with van der Waals surface area (Å²) in [6.45, 7) is 4.95. The number of piperidine rings is 1. The van der Waals surface area contributed by atoms with E-state index in [-0.39, 0.29) is 23.1 Å². The van der Waals surface area contributed by atoms with Crippen LogP contribution in [0.1, 0.15) is 31.7 Å². The van der Waals surface area contributed by atoms with Gasteiger partial charge in [0.15, 0.2) is 5.71 Å². The topological polar surface area (TPSA) is 101 Å². The molecule has 1 heterocycles. The molecule has 0 spiro atoms. The van der Waals surface area contributed by atoms with Gasteiger partial charge in [-0.05, 0) is 69.3 Å². The third-order valence-electron chi connectivity index (χ3n) is 5.82. The molecule has 0 aliphatic carbocycles. The number of nitrogens with one attached hydrogen (secondary N) is 3. The zero-order valence-corrected chi connectivity index (χ0v) is 18.7. The van der Waals surface area contributed by atoms with E-state index in [1.807, 2.05) is 0 Å². The first-order chi connectivity index (χ1) is 15.5. The molecule has 1 saturated heterocycles. The van der Waals surface area contributed by atoms with E-state index in [0.717, 1.165) is 32.0 Å². The van der Waals surface area contributed by atoms with Crippen molar-refractivity contribution in [3.05, 3.63) is 60.2 Å². The van der Waals surface area contributed by atoms with Crippen molar-refractivity contribution >= 4 is 23.0 Å². The number of hydrogen-bond acceptors (Lipinski definition) is 6. The van der Waals surface area contributed by atoms with Crippen LogP contribution >= 0.6 is 0 Å². The molecule has 3 rings (SSSR count). The number of carbonyl (C=O) groups excluding carboxylic acids is 1. The number of aryl methyl sites for hydroxylation is 1. The summed E-state index contributed by atoms with van der Waals surface area (Å²) in [7, 11) is 0. The zero-order chi connectivity index (χ0) is 22.8. The minimum Gasteiger partial charge on any atom is -0.508 e. The first-order valence-electron chi connectivity index (χ1n) is 11.2. The average molecular weight is 436 g/mol. The molecule has 7 nitrogen and oxygen atoms in total. The molecule has 2 aromatic carbocycles. The average Bonchev–Trinajstić information content (AvgIpc) is 2.79. The molecule has 1 aliphatic heterocycles. The van der Waals surface area contributed by atoms with Crippen LogP contribution in [0.4, 0.5) is 5.69 Å². The Hall–Kier alpha value is -3.19. The Morgan fingerprint density at radius 1 is 1.16 bits per heavy atom. The van der Waals surface area contributed by atoms with Gasteiger partial charge in [0.05, 0.1) is 11.4 Å². The van der Waals surface area contributed by atoms with Crippen molar-refractivity contribution in [2.75, 3.05) is 31.6 Å². The van der Waals surface area contributed by atoms with Gasteiger partial charge in [-0.1, -0.05) is 36.4 Å². The molecular weight excluding hydrogens is 402 g/mol. The van der Waals surface area contributed by atoms with E-state index in [0.29, 0.717) is 12.2 Å². The fraction of sp³-hybridized carbons (Fsp3) is 0.400. The van der Waals surface area contributed by atoms with Gasteiger partial charge in [0.2, 0.25) is 0 Å². The number of nitrogens with zero attached hydrogens (tertiary/aromatic N) is 2. The maximum atomic E-state index is 12.5. The Morgan fingerprint density at radius 2 is 1.91 bits per heavy atom. The summed E-state index contributed by atoms with van der Waals surface area (Å²) < 4.78 is 0. The van der Waals surface area contributed by atoms with Gasteiger partial charge < -0.3 is 20.7 Å². The molecule has 32 heavy (non-hydrogen) atoms. The lowest BCUT2D eigenvalue weighted by Crippen LogP contribution is -2.42. The van der Waals surface area contributed by atoms with E-state index in [4.69, 9.17) is 5.41 Å². The first-order valence-corrected chi connectivity index (χ1v) is 11.2. The standard InChI is InChI=1S/C25H33N5O2/c1-19(26)24(29-28-22-8-5-9-23(31)18-22)25(32)27-14-17-30-15-12-21(13-16-30)11-10-20-6-3-2-4-7-20/h2-9,18,21,26,28,31H,10-17H2,1H3,(H,27,32)/b26-19?,29-24+. The maximum absolute atomic E-state index is 12.5. The van der Waals surface area contributed by atoms with Crippen molar-refractivity contribution < 1.29 is 9.90 Å². The predicted molar refractivity (Wildman–Crippen MR) is 130 cm³/mol. The minimum absolute atomic E-state index is 0.0352. The number of rotatable bonds is 10. The number of likely N-dealkylation sites (tertiary alicyclic amines) is 1. The Bertz CT molecular complexity index is 921. The number of benzene rings is 2. The van der Waals surface area contributed by atoms with Gasteiger partial charge in [0.1, 0.15) is 5.75 Å². The molecule has 1 amide bonds. The van der Waals surface area contributed by atoms with Crippen LogP contribution in [0.5, 0.6) is 5.75 Å². The Morgan fingerprint density at radius 3 is 2.59 bits per heavy atom. The molecule has 0 aromatic heterocycles. The van der Waals surface area contributed by atoms with E-state index in [1.165, 1.54) is 37.8 Å². The summed E-state index contributed by atoms with van der Waals surface area (Å²) in [5.41, 5.74) is 4.81. The van der Waals surface area contributed by atoms with Crippen molar-refractivity contribution in [1.29, 1.82) is 5.41 Å². The van der Waals surface area contributed by atoms with Crippen molar-refractivity contribution in [3.63, 3.8) is 0 Å². The third kappa shape index (κ3) is 7.50. The quantitative estimate of drug-likeness (QED) is 0.338. The van der Waals surface area contributed by atoms with Crippen LogP contribution in [-0.4, -0.2) is 53.5 Å². The molecule has 0 radical (unpaired) electrons. The van der Waals surface area contributed by atoms with Gasteiger partial charge in [-0.25, -0.2) is 0 Å². The smallest absolute Gasteiger partial charge is 0.273 e. The number of hydrogen-bond donors (Lipinski definition) is 4. The molecular formula is C25H33N5O2. The van der Waals surface area contributed by atoms with Crippen molar-refractivity contribution in [2.24, 2.45) is 11.0 Å². The van der Waals surface area contributed by atoms with E-state index in [2.05, 4.69) is 51.1 Å². The van der Waals surface area contributed by atoms with Crippen LogP contribution in [0.2, 0.25) is 0 Å². The number of phenolic OH excluding ortho intramolecular Hbond substituents is 1. The number of aromatic hydroxyl groups is 1. The molecule has 7 heteroatoms. The largest absolute Gasteiger partial charge is 0.508 e. The number of amides is 1. The van der Waals surface area contributed by atoms with Crippen LogP contribution in [0.15, 0.2) is 59.7 Å². The number of carbonyl (C=O) groups is 1. The molecule has 4 N–H and O–H groups in total. The van der Waals surface area contributed by atoms with Crippen molar-refractivity contribution in [1.82, 2.24) is 10.2 Å². The predicted octanol–water partition coefficient (Wildman–Crippen LogP) is 3.66. The fourth-order valence-corrected chi connectivity index (χ4v) is 3.93. The van der Waals surface area contributed by atoms with E-state index < -0.39 is 0 Å². The number of hydrazone groups is 1. The van der Waals surface area contributed by atoms with Crippen LogP contribution in [-0.2, 0) is 11.2 Å². The van der Waals surface area contributed by atoms with Gasteiger partial charge in [-0.2, -0.15) is 5.10 Å². The molecule has 2 aromatic rings. The highest BCUT2D eigenvalue weighted by atomic mass is 16.3. The summed E-state index contributed by atoms with van der Waals surface area (Å²) in [6.07, 6.45) is 4.77. The minimum atomic E-state index is -0.372. The van der Waals surface area contributed by atoms with E-state index in [1.54, 1.807) is 18.2 Å². The van der Waals surface area contributed by atoms with Crippen molar-refractivity contribution in [2.45, 2.75) is 32.6 Å². The number of anilines is 1. The zero-order valence-electron chi connectivity index (χ0n) is 18.7. The van der Waals surface area contributed by atoms with Gasteiger partial charge in [0, 0.05) is 19.2 Å². The Balaban J connectivity index is 1.38. The lowest BCUT2D eigenvalue weighted by atomic mass is 9.90. The summed E-state index contributed by atoms with van der Waals surface area (Å²) in [6, 6.07) is 17.1. The van der Waals surface area contributed by atoms with Gasteiger partial charge in [0.25, 0.3) is 5.91 Å². The van der Waals surface area contributed by atoms with Crippen LogP contribution in [0.3, 0.4) is 0 Å².